The summed E-state index contributed by atoms with van der Waals surface area (Å²) in [5, 5.41) is 9.45. The Bertz CT molecular complexity index is 391. The summed E-state index contributed by atoms with van der Waals surface area (Å²) in [4.78, 5) is 11.8. The fourth-order valence-corrected chi connectivity index (χ4v) is 2.25. The first-order valence-corrected chi connectivity index (χ1v) is 6.09. The Kier molecular flexibility index (Phi) is 4.24. The zero-order chi connectivity index (χ0) is 12.3. The lowest BCUT2D eigenvalue weighted by Crippen LogP contribution is -2.08. The number of aromatic carboxylic acids is 1. The zero-order valence-corrected chi connectivity index (χ0v) is 10.5. The van der Waals surface area contributed by atoms with E-state index in [4.69, 9.17) is 10.8 Å². The summed E-state index contributed by atoms with van der Waals surface area (Å²) in [5.74, 6) is -0.421. The molecule has 1 aromatic carbocycles. The minimum atomic E-state index is -0.925. The van der Waals surface area contributed by atoms with E-state index in [1.165, 1.54) is 6.07 Å². The van der Waals surface area contributed by atoms with Crippen LogP contribution in [0, 0.1) is 5.92 Å². The second-order valence-corrected chi connectivity index (χ2v) is 5.55. The van der Waals surface area contributed by atoms with Crippen molar-refractivity contribution in [2.24, 2.45) is 5.92 Å². The van der Waals surface area contributed by atoms with E-state index in [0.717, 1.165) is 4.90 Å². The van der Waals surface area contributed by atoms with Crippen LogP contribution in [0.2, 0.25) is 0 Å². The summed E-state index contributed by atoms with van der Waals surface area (Å²) >= 11 is 1.58. The molecular formula is C12H17NO2S. The first-order valence-electron chi connectivity index (χ1n) is 5.21. The van der Waals surface area contributed by atoms with Crippen LogP contribution in [0.25, 0.3) is 0 Å². The van der Waals surface area contributed by atoms with E-state index < -0.39 is 5.97 Å². The van der Waals surface area contributed by atoms with E-state index >= 15 is 0 Å². The summed E-state index contributed by atoms with van der Waals surface area (Å²) in [6, 6.07) is 5.03. The van der Waals surface area contributed by atoms with Gasteiger partial charge < -0.3 is 10.8 Å². The van der Waals surface area contributed by atoms with Gasteiger partial charge in [0.1, 0.15) is 0 Å². The van der Waals surface area contributed by atoms with Crippen LogP contribution in [0.4, 0.5) is 5.69 Å². The van der Waals surface area contributed by atoms with E-state index in [9.17, 15) is 4.79 Å². The molecule has 0 spiro atoms. The normalized spacial score (nSPS) is 12.8. The Morgan fingerprint density at radius 2 is 2.00 bits per heavy atom. The molecule has 0 heterocycles. The summed E-state index contributed by atoms with van der Waals surface area (Å²) in [6.07, 6.45) is 0. The van der Waals surface area contributed by atoms with E-state index in [-0.39, 0.29) is 5.56 Å². The third-order valence-electron chi connectivity index (χ3n) is 2.49. The lowest BCUT2D eigenvalue weighted by Gasteiger charge is -2.16. The van der Waals surface area contributed by atoms with Crippen LogP contribution in [0.3, 0.4) is 0 Å². The smallest absolute Gasteiger partial charge is 0.336 e. The van der Waals surface area contributed by atoms with Crippen molar-refractivity contribution in [1.82, 2.24) is 0 Å². The Balaban J connectivity index is 2.99. The number of benzene rings is 1. The molecule has 0 aliphatic heterocycles. The highest BCUT2D eigenvalue weighted by molar-refractivity contribution is 8.00. The third kappa shape index (κ3) is 3.17. The quantitative estimate of drug-likeness (QED) is 0.626. The standard InChI is InChI=1S/C12H17NO2S/c1-7(2)8(3)16-11-5-4-9(13)6-10(11)12(14)15/h4-8H,13H2,1-3H3,(H,14,15). The summed E-state index contributed by atoms with van der Waals surface area (Å²) in [7, 11) is 0. The molecule has 3 nitrogen and oxygen atoms in total. The van der Waals surface area contributed by atoms with Gasteiger partial charge in [0.15, 0.2) is 0 Å². The fraction of sp³-hybridized carbons (Fsp3) is 0.417. The molecule has 0 saturated heterocycles. The highest BCUT2D eigenvalue weighted by Crippen LogP contribution is 2.31. The van der Waals surface area contributed by atoms with E-state index in [1.807, 2.05) is 0 Å². The molecule has 3 N–H and O–H groups in total. The molecule has 0 fully saturated rings. The predicted molar refractivity (Wildman–Crippen MR) is 68.0 cm³/mol. The maximum absolute atomic E-state index is 11.1. The minimum Gasteiger partial charge on any atom is -0.478 e. The number of hydrogen-bond acceptors (Lipinski definition) is 3. The Morgan fingerprint density at radius 1 is 1.38 bits per heavy atom. The molecule has 88 valence electrons. The molecule has 1 aromatic rings. The van der Waals surface area contributed by atoms with Crippen LogP contribution in [-0.4, -0.2) is 16.3 Å². The van der Waals surface area contributed by atoms with Crippen LogP contribution < -0.4 is 5.73 Å². The Hall–Kier alpha value is -1.16. The first-order chi connectivity index (χ1) is 7.41. The van der Waals surface area contributed by atoms with Gasteiger partial charge in [0, 0.05) is 15.8 Å². The number of carboxylic acids is 1. The van der Waals surface area contributed by atoms with Crippen LogP contribution in [-0.2, 0) is 0 Å². The summed E-state index contributed by atoms with van der Waals surface area (Å²) < 4.78 is 0. The number of carboxylic acid groups (broad SMARTS) is 1. The number of anilines is 1. The maximum atomic E-state index is 11.1. The molecule has 0 radical (unpaired) electrons. The van der Waals surface area contributed by atoms with Gasteiger partial charge in [-0.1, -0.05) is 20.8 Å². The predicted octanol–water partition coefficient (Wildman–Crippen LogP) is 3.10. The Labute approximate surface area is 100 Å². The second kappa shape index (κ2) is 5.25. The second-order valence-electron chi connectivity index (χ2n) is 4.13. The molecule has 16 heavy (non-hydrogen) atoms. The number of carbonyl (C=O) groups is 1. The monoisotopic (exact) mass is 239 g/mol. The van der Waals surface area contributed by atoms with Gasteiger partial charge in [-0.05, 0) is 24.1 Å². The van der Waals surface area contributed by atoms with Gasteiger partial charge in [-0.3, -0.25) is 0 Å². The summed E-state index contributed by atoms with van der Waals surface area (Å²) in [6.45, 7) is 6.34. The molecule has 1 unspecified atom stereocenters. The van der Waals surface area contributed by atoms with Crippen LogP contribution >= 0.6 is 11.8 Å². The molecule has 4 heteroatoms. The molecule has 0 aromatic heterocycles. The van der Waals surface area contributed by atoms with Crippen molar-refractivity contribution >= 4 is 23.4 Å². The average Bonchev–Trinajstić information content (AvgIpc) is 2.20. The van der Waals surface area contributed by atoms with E-state index in [2.05, 4.69) is 20.8 Å². The van der Waals surface area contributed by atoms with Gasteiger partial charge in [0.25, 0.3) is 0 Å². The molecule has 1 rings (SSSR count). The maximum Gasteiger partial charge on any atom is 0.336 e. The molecule has 1 atom stereocenters. The zero-order valence-electron chi connectivity index (χ0n) is 9.73. The fourth-order valence-electron chi connectivity index (χ4n) is 1.15. The lowest BCUT2D eigenvalue weighted by molar-refractivity contribution is 0.0693. The molecule has 0 aliphatic carbocycles. The van der Waals surface area contributed by atoms with Crippen molar-refractivity contribution in [3.8, 4) is 0 Å². The van der Waals surface area contributed by atoms with Crippen molar-refractivity contribution in [3.63, 3.8) is 0 Å². The topological polar surface area (TPSA) is 63.3 Å². The summed E-state index contributed by atoms with van der Waals surface area (Å²) in [5.41, 5.74) is 6.36. The Morgan fingerprint density at radius 3 is 2.50 bits per heavy atom. The number of nitrogens with two attached hydrogens (primary N) is 1. The third-order valence-corrected chi connectivity index (χ3v) is 4.01. The van der Waals surface area contributed by atoms with Gasteiger partial charge in [0.05, 0.1) is 5.56 Å². The molecule has 0 aliphatic rings. The van der Waals surface area contributed by atoms with Crippen molar-refractivity contribution in [2.75, 3.05) is 5.73 Å². The van der Waals surface area contributed by atoms with Crippen molar-refractivity contribution in [2.45, 2.75) is 30.9 Å². The van der Waals surface area contributed by atoms with E-state index in [0.29, 0.717) is 16.9 Å². The van der Waals surface area contributed by atoms with Gasteiger partial charge in [0.2, 0.25) is 0 Å². The largest absolute Gasteiger partial charge is 0.478 e. The van der Waals surface area contributed by atoms with Crippen LogP contribution in [0.1, 0.15) is 31.1 Å². The highest BCUT2D eigenvalue weighted by atomic mass is 32.2. The van der Waals surface area contributed by atoms with Gasteiger partial charge in [-0.25, -0.2) is 4.79 Å². The highest BCUT2D eigenvalue weighted by Gasteiger charge is 2.15. The molecule has 0 amide bonds. The number of nitrogen functional groups attached to an aromatic ring is 1. The van der Waals surface area contributed by atoms with Crippen molar-refractivity contribution in [3.05, 3.63) is 23.8 Å². The van der Waals surface area contributed by atoms with Crippen LogP contribution in [0.15, 0.2) is 23.1 Å². The van der Waals surface area contributed by atoms with E-state index in [1.54, 1.807) is 23.9 Å². The van der Waals surface area contributed by atoms with Crippen molar-refractivity contribution < 1.29 is 9.90 Å². The number of hydrogen-bond donors (Lipinski definition) is 2. The number of thioether (sulfide) groups is 1. The van der Waals surface area contributed by atoms with Gasteiger partial charge >= 0.3 is 5.97 Å². The number of rotatable bonds is 4. The molecule has 0 bridgehead atoms. The minimum absolute atomic E-state index is 0.289. The molecular weight excluding hydrogens is 222 g/mol. The SMILES string of the molecule is CC(C)C(C)Sc1ccc(N)cc1C(=O)O. The molecule has 0 saturated carbocycles. The van der Waals surface area contributed by atoms with Crippen LogP contribution in [0.5, 0.6) is 0 Å². The van der Waals surface area contributed by atoms with Crippen molar-refractivity contribution in [1.29, 1.82) is 0 Å². The lowest BCUT2D eigenvalue weighted by atomic mass is 10.1. The van der Waals surface area contributed by atoms with Gasteiger partial charge in [-0.15, -0.1) is 11.8 Å². The van der Waals surface area contributed by atoms with Gasteiger partial charge in [-0.2, -0.15) is 0 Å². The average molecular weight is 239 g/mol. The first kappa shape index (κ1) is 12.9.